The van der Waals surface area contributed by atoms with Gasteiger partial charge in [-0.15, -0.1) is 0 Å². The fraction of sp³-hybridized carbons (Fsp3) is 0.818. The Morgan fingerprint density at radius 3 is 2.52 bits per heavy atom. The average molecular weight is 379 g/mol. The maximum Gasteiger partial charge on any atom is 0.306 e. The summed E-state index contributed by atoms with van der Waals surface area (Å²) in [6, 6.07) is 0. The summed E-state index contributed by atoms with van der Waals surface area (Å²) in [7, 11) is 0. The molecule has 0 aromatic carbocycles. The van der Waals surface area contributed by atoms with Crippen LogP contribution in [0.1, 0.15) is 79.6 Å². The van der Waals surface area contributed by atoms with E-state index in [9.17, 15) is 14.7 Å². The number of fused-ring (bicyclic) bond motifs is 2. The van der Waals surface area contributed by atoms with Crippen LogP contribution in [0, 0.1) is 16.7 Å². The van der Waals surface area contributed by atoms with Gasteiger partial charge in [-0.25, -0.2) is 0 Å². The lowest BCUT2D eigenvalue weighted by atomic mass is 9.46. The molecule has 1 spiro atoms. The molecule has 0 unspecified atom stereocenters. The van der Waals surface area contributed by atoms with Crippen molar-refractivity contribution < 1.29 is 24.2 Å². The van der Waals surface area contributed by atoms with E-state index in [4.69, 9.17) is 9.47 Å². The van der Waals surface area contributed by atoms with Gasteiger partial charge in [0.15, 0.2) is 0 Å². The summed E-state index contributed by atoms with van der Waals surface area (Å²) in [5, 5.41) is 9.38. The number of rotatable bonds is 4. The fourth-order valence-electron chi connectivity index (χ4n) is 6.37. The SMILES string of the molecule is CC(=O)OCC1=CC[C@@H]2C(C)(C)CCC[C@]2(C)[C@@]12CC[C@@](C)(CC(=O)O)O2. The summed E-state index contributed by atoms with van der Waals surface area (Å²) in [5.74, 6) is -0.665. The summed E-state index contributed by atoms with van der Waals surface area (Å²) >= 11 is 0. The van der Waals surface area contributed by atoms with E-state index < -0.39 is 17.2 Å². The highest BCUT2D eigenvalue weighted by molar-refractivity contribution is 5.68. The number of ether oxygens (including phenoxy) is 2. The Kier molecular flexibility index (Phi) is 4.99. The standard InChI is InChI=1S/C22H34O5/c1-15(23)26-14-16-7-8-17-19(2,3)9-6-10-21(17,5)22(16)12-11-20(4,27-22)13-18(24)25/h7,17H,6,8-14H2,1-5H3,(H,24,25)/t17-,20+,21+,22-/m1/s1. The van der Waals surface area contributed by atoms with Gasteiger partial charge in [0, 0.05) is 12.3 Å². The van der Waals surface area contributed by atoms with Crippen LogP contribution in [0.4, 0.5) is 0 Å². The van der Waals surface area contributed by atoms with Crippen LogP contribution in [-0.2, 0) is 19.1 Å². The molecule has 2 aliphatic carbocycles. The summed E-state index contributed by atoms with van der Waals surface area (Å²) in [5.41, 5.74) is -0.0855. The van der Waals surface area contributed by atoms with Gasteiger partial charge < -0.3 is 14.6 Å². The molecule has 27 heavy (non-hydrogen) atoms. The number of esters is 1. The molecule has 0 bridgehead atoms. The first-order chi connectivity index (χ1) is 12.4. The monoisotopic (exact) mass is 378 g/mol. The van der Waals surface area contributed by atoms with Crippen molar-refractivity contribution in [2.24, 2.45) is 16.7 Å². The minimum absolute atomic E-state index is 0.000263. The maximum atomic E-state index is 11.5. The van der Waals surface area contributed by atoms with Gasteiger partial charge in [-0.1, -0.05) is 33.3 Å². The molecule has 152 valence electrons. The highest BCUT2D eigenvalue weighted by Crippen LogP contribution is 2.66. The zero-order valence-electron chi connectivity index (χ0n) is 17.4. The number of carboxylic acid groups (broad SMARTS) is 1. The summed E-state index contributed by atoms with van der Waals surface area (Å²) in [4.78, 5) is 22.9. The van der Waals surface area contributed by atoms with Gasteiger partial charge in [0.25, 0.3) is 0 Å². The highest BCUT2D eigenvalue weighted by Gasteiger charge is 2.65. The van der Waals surface area contributed by atoms with Gasteiger partial charge >= 0.3 is 11.9 Å². The third-order valence-electron chi connectivity index (χ3n) is 7.65. The Balaban J connectivity index is 2.04. The first-order valence-corrected chi connectivity index (χ1v) is 10.2. The number of aliphatic carboxylic acids is 1. The largest absolute Gasteiger partial charge is 0.481 e. The molecule has 0 radical (unpaired) electrons. The Hall–Kier alpha value is -1.36. The molecule has 5 heteroatoms. The van der Waals surface area contributed by atoms with E-state index in [0.717, 1.165) is 31.3 Å². The second-order valence-electron chi connectivity index (χ2n) is 10.0. The van der Waals surface area contributed by atoms with E-state index in [1.807, 2.05) is 6.92 Å². The third-order valence-corrected chi connectivity index (χ3v) is 7.65. The van der Waals surface area contributed by atoms with Crippen molar-refractivity contribution in [2.75, 3.05) is 6.61 Å². The summed E-state index contributed by atoms with van der Waals surface area (Å²) in [6.07, 6.45) is 8.06. The van der Waals surface area contributed by atoms with Crippen LogP contribution in [0.25, 0.3) is 0 Å². The van der Waals surface area contributed by atoms with E-state index in [1.165, 1.54) is 13.3 Å². The molecule has 3 rings (SSSR count). The Morgan fingerprint density at radius 1 is 1.19 bits per heavy atom. The van der Waals surface area contributed by atoms with Gasteiger partial charge in [-0.3, -0.25) is 9.59 Å². The first kappa shape index (κ1) is 20.4. The maximum absolute atomic E-state index is 11.5. The van der Waals surface area contributed by atoms with Gasteiger partial charge in [0.05, 0.1) is 17.6 Å². The van der Waals surface area contributed by atoms with Crippen LogP contribution in [0.3, 0.4) is 0 Å². The molecule has 5 nitrogen and oxygen atoms in total. The van der Waals surface area contributed by atoms with Crippen molar-refractivity contribution in [3.8, 4) is 0 Å². The lowest BCUT2D eigenvalue weighted by molar-refractivity contribution is -0.196. The van der Waals surface area contributed by atoms with E-state index in [-0.39, 0.29) is 29.8 Å². The normalized spacial score (nSPS) is 40.3. The molecule has 0 aromatic heterocycles. The first-order valence-electron chi connectivity index (χ1n) is 10.2. The van der Waals surface area contributed by atoms with Crippen LogP contribution in [-0.4, -0.2) is 34.9 Å². The molecular formula is C22H34O5. The lowest BCUT2D eigenvalue weighted by Crippen LogP contribution is -2.60. The van der Waals surface area contributed by atoms with Crippen molar-refractivity contribution in [1.82, 2.24) is 0 Å². The van der Waals surface area contributed by atoms with Gasteiger partial charge in [0.1, 0.15) is 6.61 Å². The third kappa shape index (κ3) is 3.32. The van der Waals surface area contributed by atoms with Crippen LogP contribution >= 0.6 is 0 Å². The van der Waals surface area contributed by atoms with Crippen molar-refractivity contribution in [2.45, 2.75) is 90.8 Å². The van der Waals surface area contributed by atoms with Crippen LogP contribution < -0.4 is 0 Å². The van der Waals surface area contributed by atoms with Crippen LogP contribution in [0.15, 0.2) is 11.6 Å². The number of hydrogen-bond acceptors (Lipinski definition) is 4. The molecule has 1 aliphatic heterocycles. The predicted molar refractivity (Wildman–Crippen MR) is 102 cm³/mol. The molecule has 3 aliphatic rings. The van der Waals surface area contributed by atoms with E-state index >= 15 is 0 Å². The lowest BCUT2D eigenvalue weighted by Gasteiger charge is -2.61. The summed E-state index contributed by atoms with van der Waals surface area (Å²) < 4.78 is 12.1. The highest BCUT2D eigenvalue weighted by atomic mass is 16.5. The number of carboxylic acids is 1. The number of carbonyl (C=O) groups is 2. The Morgan fingerprint density at radius 2 is 1.89 bits per heavy atom. The van der Waals surface area contributed by atoms with Crippen LogP contribution in [0.5, 0.6) is 0 Å². The van der Waals surface area contributed by atoms with Gasteiger partial charge in [-0.05, 0) is 55.9 Å². The fourth-order valence-corrected chi connectivity index (χ4v) is 6.37. The van der Waals surface area contributed by atoms with E-state index in [0.29, 0.717) is 12.3 Å². The van der Waals surface area contributed by atoms with Crippen LogP contribution in [0.2, 0.25) is 0 Å². The van der Waals surface area contributed by atoms with Gasteiger partial charge in [-0.2, -0.15) is 0 Å². The molecule has 1 saturated carbocycles. The molecule has 4 atom stereocenters. The number of allylic oxidation sites excluding steroid dienone is 1. The Labute approximate surface area is 162 Å². The summed E-state index contributed by atoms with van der Waals surface area (Å²) in [6.45, 7) is 10.6. The van der Waals surface area contributed by atoms with Crippen molar-refractivity contribution in [3.05, 3.63) is 11.6 Å². The molecule has 0 aromatic rings. The van der Waals surface area contributed by atoms with Crippen molar-refractivity contribution in [3.63, 3.8) is 0 Å². The second kappa shape index (κ2) is 6.61. The average Bonchev–Trinajstić information content (AvgIpc) is 2.86. The molecule has 0 amide bonds. The quantitative estimate of drug-likeness (QED) is 0.576. The second-order valence-corrected chi connectivity index (χ2v) is 10.0. The number of hydrogen-bond donors (Lipinski definition) is 1. The van der Waals surface area contributed by atoms with Crippen molar-refractivity contribution in [1.29, 1.82) is 0 Å². The topological polar surface area (TPSA) is 72.8 Å². The molecule has 1 N–H and O–H groups in total. The minimum Gasteiger partial charge on any atom is -0.481 e. The predicted octanol–water partition coefficient (Wildman–Crippen LogP) is 4.49. The van der Waals surface area contributed by atoms with Crippen molar-refractivity contribution >= 4 is 11.9 Å². The van der Waals surface area contributed by atoms with Gasteiger partial charge in [0.2, 0.25) is 0 Å². The molecule has 1 saturated heterocycles. The molecule has 1 heterocycles. The van der Waals surface area contributed by atoms with E-state index in [1.54, 1.807) is 0 Å². The smallest absolute Gasteiger partial charge is 0.306 e. The Bertz CT molecular complexity index is 666. The molecular weight excluding hydrogens is 344 g/mol. The number of carbonyl (C=O) groups excluding carboxylic acids is 1. The zero-order valence-corrected chi connectivity index (χ0v) is 17.4. The molecule has 2 fully saturated rings. The minimum atomic E-state index is -0.832. The van der Waals surface area contributed by atoms with E-state index in [2.05, 4.69) is 26.8 Å². The zero-order chi connectivity index (χ0) is 20.1.